The van der Waals surface area contributed by atoms with Crippen molar-refractivity contribution in [1.82, 2.24) is 0 Å². The second-order valence-corrected chi connectivity index (χ2v) is 4.27. The SMILES string of the molecule is Nc1ccc(NC(=O)Nc2ccc3c(c2)OCO3)cc1. The first-order chi connectivity index (χ1) is 9.70. The van der Waals surface area contributed by atoms with Crippen LogP contribution in [0, 0.1) is 0 Å². The molecule has 0 aliphatic carbocycles. The number of hydrogen-bond acceptors (Lipinski definition) is 4. The molecule has 20 heavy (non-hydrogen) atoms. The second-order valence-electron chi connectivity index (χ2n) is 4.27. The van der Waals surface area contributed by atoms with Crippen LogP contribution >= 0.6 is 0 Å². The van der Waals surface area contributed by atoms with Crippen molar-refractivity contribution in [2.75, 3.05) is 23.2 Å². The highest BCUT2D eigenvalue weighted by Crippen LogP contribution is 2.34. The lowest BCUT2D eigenvalue weighted by Gasteiger charge is -2.08. The number of carbonyl (C=O) groups excluding carboxylic acids is 1. The van der Waals surface area contributed by atoms with Gasteiger partial charge in [-0.25, -0.2) is 4.79 Å². The molecule has 1 heterocycles. The summed E-state index contributed by atoms with van der Waals surface area (Å²) in [6.07, 6.45) is 0. The Morgan fingerprint density at radius 3 is 2.40 bits per heavy atom. The first kappa shape index (κ1) is 12.2. The van der Waals surface area contributed by atoms with Crippen molar-refractivity contribution < 1.29 is 14.3 Å². The van der Waals surface area contributed by atoms with Crippen molar-refractivity contribution in [1.29, 1.82) is 0 Å². The average molecular weight is 271 g/mol. The fraction of sp³-hybridized carbons (Fsp3) is 0.0714. The van der Waals surface area contributed by atoms with Gasteiger partial charge in [-0.05, 0) is 36.4 Å². The number of benzene rings is 2. The fourth-order valence-electron chi connectivity index (χ4n) is 1.83. The molecule has 0 unspecified atom stereocenters. The van der Waals surface area contributed by atoms with E-state index >= 15 is 0 Å². The van der Waals surface area contributed by atoms with Gasteiger partial charge in [0, 0.05) is 23.1 Å². The van der Waals surface area contributed by atoms with Gasteiger partial charge in [0.05, 0.1) is 0 Å². The van der Waals surface area contributed by atoms with Crippen LogP contribution < -0.4 is 25.8 Å². The van der Waals surface area contributed by atoms with Gasteiger partial charge in [0.15, 0.2) is 11.5 Å². The quantitative estimate of drug-likeness (QED) is 0.733. The number of hydrogen-bond donors (Lipinski definition) is 3. The van der Waals surface area contributed by atoms with Crippen molar-refractivity contribution in [3.8, 4) is 11.5 Å². The summed E-state index contributed by atoms with van der Waals surface area (Å²) in [5.41, 5.74) is 7.52. The van der Waals surface area contributed by atoms with Crippen LogP contribution in [0.5, 0.6) is 11.5 Å². The molecule has 6 nitrogen and oxygen atoms in total. The summed E-state index contributed by atoms with van der Waals surface area (Å²) in [7, 11) is 0. The Morgan fingerprint density at radius 2 is 1.60 bits per heavy atom. The van der Waals surface area contributed by atoms with Gasteiger partial charge in [0.1, 0.15) is 0 Å². The highest BCUT2D eigenvalue weighted by Gasteiger charge is 2.14. The summed E-state index contributed by atoms with van der Waals surface area (Å²) in [4.78, 5) is 11.8. The highest BCUT2D eigenvalue weighted by atomic mass is 16.7. The number of nitrogens with two attached hydrogens (primary N) is 1. The van der Waals surface area contributed by atoms with Crippen molar-refractivity contribution in [3.63, 3.8) is 0 Å². The van der Waals surface area contributed by atoms with E-state index in [0.29, 0.717) is 28.6 Å². The molecule has 0 saturated carbocycles. The molecule has 0 bridgehead atoms. The zero-order valence-electron chi connectivity index (χ0n) is 10.6. The van der Waals surface area contributed by atoms with Gasteiger partial charge < -0.3 is 25.8 Å². The standard InChI is InChI=1S/C14H13N3O3/c15-9-1-3-10(4-2-9)16-14(18)17-11-5-6-12-13(7-11)20-8-19-12/h1-7H,8,15H2,(H2,16,17,18). The van der Waals surface area contributed by atoms with Crippen LogP contribution in [0.4, 0.5) is 21.9 Å². The van der Waals surface area contributed by atoms with Crippen LogP contribution in [0.2, 0.25) is 0 Å². The van der Waals surface area contributed by atoms with Crippen LogP contribution in [0.3, 0.4) is 0 Å². The Kier molecular flexibility index (Phi) is 3.04. The Bertz CT molecular complexity index is 641. The van der Waals surface area contributed by atoms with Gasteiger partial charge in [-0.2, -0.15) is 0 Å². The fourth-order valence-corrected chi connectivity index (χ4v) is 1.83. The van der Waals surface area contributed by atoms with Crippen LogP contribution in [-0.2, 0) is 0 Å². The Hall–Kier alpha value is -2.89. The Labute approximate surface area is 115 Å². The second kappa shape index (κ2) is 5.00. The molecule has 0 saturated heterocycles. The molecule has 0 aromatic heterocycles. The third-order valence-corrected chi connectivity index (χ3v) is 2.80. The maximum atomic E-state index is 11.8. The molecule has 102 valence electrons. The number of ether oxygens (including phenoxy) is 2. The number of nitrogen functional groups attached to an aromatic ring is 1. The highest BCUT2D eigenvalue weighted by molar-refractivity contribution is 6.00. The van der Waals surface area contributed by atoms with Gasteiger partial charge in [0.25, 0.3) is 0 Å². The van der Waals surface area contributed by atoms with Gasteiger partial charge in [-0.1, -0.05) is 0 Å². The molecule has 1 aliphatic heterocycles. The smallest absolute Gasteiger partial charge is 0.323 e. The minimum Gasteiger partial charge on any atom is -0.454 e. The van der Waals surface area contributed by atoms with Crippen molar-refractivity contribution in [2.45, 2.75) is 0 Å². The van der Waals surface area contributed by atoms with Crippen molar-refractivity contribution in [3.05, 3.63) is 42.5 Å². The normalized spacial score (nSPS) is 12.0. The van der Waals surface area contributed by atoms with E-state index in [1.807, 2.05) is 0 Å². The number of anilines is 3. The van der Waals surface area contributed by atoms with E-state index in [2.05, 4.69) is 10.6 Å². The lowest BCUT2D eigenvalue weighted by atomic mass is 10.3. The van der Waals surface area contributed by atoms with E-state index in [-0.39, 0.29) is 12.8 Å². The largest absolute Gasteiger partial charge is 0.454 e. The van der Waals surface area contributed by atoms with Gasteiger partial charge in [-0.3, -0.25) is 0 Å². The number of nitrogens with one attached hydrogen (secondary N) is 2. The molecular formula is C14H13N3O3. The number of amides is 2. The van der Waals surface area contributed by atoms with Gasteiger partial charge in [-0.15, -0.1) is 0 Å². The molecule has 4 N–H and O–H groups in total. The summed E-state index contributed by atoms with van der Waals surface area (Å²) >= 11 is 0. The molecule has 6 heteroatoms. The van der Waals surface area contributed by atoms with Gasteiger partial charge >= 0.3 is 6.03 Å². The average Bonchev–Trinajstić information content (AvgIpc) is 2.89. The topological polar surface area (TPSA) is 85.6 Å². The lowest BCUT2D eigenvalue weighted by Crippen LogP contribution is -2.19. The summed E-state index contributed by atoms with van der Waals surface area (Å²) in [5.74, 6) is 1.30. The molecule has 0 radical (unpaired) electrons. The summed E-state index contributed by atoms with van der Waals surface area (Å²) in [5, 5.41) is 5.43. The molecule has 0 atom stereocenters. The van der Waals surface area contributed by atoms with E-state index in [0.717, 1.165) is 0 Å². The van der Waals surface area contributed by atoms with Crippen LogP contribution in [-0.4, -0.2) is 12.8 Å². The predicted octanol–water partition coefficient (Wildman–Crippen LogP) is 2.64. The maximum Gasteiger partial charge on any atom is 0.323 e. The Morgan fingerprint density at radius 1 is 0.950 bits per heavy atom. The third kappa shape index (κ3) is 2.59. The minimum absolute atomic E-state index is 0.205. The lowest BCUT2D eigenvalue weighted by molar-refractivity contribution is 0.174. The summed E-state index contributed by atoms with van der Waals surface area (Å²) in [6.45, 7) is 0.205. The molecule has 0 spiro atoms. The number of urea groups is 1. The molecule has 2 amide bonds. The third-order valence-electron chi connectivity index (χ3n) is 2.80. The van der Waals surface area contributed by atoms with E-state index in [9.17, 15) is 4.79 Å². The van der Waals surface area contributed by atoms with Crippen LogP contribution in [0.25, 0.3) is 0 Å². The number of carbonyl (C=O) groups is 1. The van der Waals surface area contributed by atoms with Crippen molar-refractivity contribution >= 4 is 23.1 Å². The maximum absolute atomic E-state index is 11.8. The monoisotopic (exact) mass is 271 g/mol. The predicted molar refractivity (Wildman–Crippen MR) is 76.1 cm³/mol. The minimum atomic E-state index is -0.339. The molecule has 2 aromatic rings. The molecule has 0 fully saturated rings. The van der Waals surface area contributed by atoms with E-state index in [1.165, 1.54) is 0 Å². The molecule has 3 rings (SSSR count). The van der Waals surface area contributed by atoms with E-state index in [1.54, 1.807) is 42.5 Å². The van der Waals surface area contributed by atoms with Crippen LogP contribution in [0.15, 0.2) is 42.5 Å². The summed E-state index contributed by atoms with van der Waals surface area (Å²) < 4.78 is 10.4. The first-order valence-corrected chi connectivity index (χ1v) is 6.04. The zero-order valence-corrected chi connectivity index (χ0v) is 10.6. The zero-order chi connectivity index (χ0) is 13.9. The molecular weight excluding hydrogens is 258 g/mol. The molecule has 2 aromatic carbocycles. The first-order valence-electron chi connectivity index (χ1n) is 6.04. The van der Waals surface area contributed by atoms with E-state index < -0.39 is 0 Å². The number of rotatable bonds is 2. The summed E-state index contributed by atoms with van der Waals surface area (Å²) in [6, 6.07) is 11.8. The van der Waals surface area contributed by atoms with Gasteiger partial charge in [0.2, 0.25) is 6.79 Å². The Balaban J connectivity index is 1.65. The van der Waals surface area contributed by atoms with E-state index in [4.69, 9.17) is 15.2 Å². The number of fused-ring (bicyclic) bond motifs is 1. The van der Waals surface area contributed by atoms with Crippen LogP contribution in [0.1, 0.15) is 0 Å². The molecule has 1 aliphatic rings. The van der Waals surface area contributed by atoms with Crippen molar-refractivity contribution in [2.24, 2.45) is 0 Å².